The highest BCUT2D eigenvalue weighted by molar-refractivity contribution is 5.86. The quantitative estimate of drug-likeness (QED) is 0.678. The Morgan fingerprint density at radius 3 is 2.68 bits per heavy atom. The molecule has 1 aliphatic rings. The van der Waals surface area contributed by atoms with Crippen molar-refractivity contribution in [1.82, 2.24) is 25.2 Å². The number of aryl methyl sites for hydroxylation is 1. The zero-order valence-electron chi connectivity index (χ0n) is 17.1. The minimum absolute atomic E-state index is 0.184. The number of likely N-dealkylation sites (tertiary alicyclic amines) is 1. The Morgan fingerprint density at radius 2 is 2.04 bits per heavy atom. The van der Waals surface area contributed by atoms with E-state index in [0.29, 0.717) is 38.5 Å². The molecule has 1 fully saturated rings. The minimum Gasteiger partial charge on any atom is -0.379 e. The van der Waals surface area contributed by atoms with Crippen LogP contribution in [0.2, 0.25) is 0 Å². The lowest BCUT2D eigenvalue weighted by atomic mass is 9.91. The van der Waals surface area contributed by atoms with Crippen LogP contribution < -0.4 is 5.32 Å². The van der Waals surface area contributed by atoms with Crippen LogP contribution in [0.15, 0.2) is 30.5 Å². The van der Waals surface area contributed by atoms with Crippen molar-refractivity contribution in [3.63, 3.8) is 0 Å². The van der Waals surface area contributed by atoms with Gasteiger partial charge >= 0.3 is 0 Å². The highest BCUT2D eigenvalue weighted by Gasteiger charge is 2.41. The molecule has 1 aliphatic heterocycles. The van der Waals surface area contributed by atoms with E-state index in [1.165, 1.54) is 5.56 Å². The van der Waals surface area contributed by atoms with Crippen molar-refractivity contribution < 1.29 is 9.90 Å². The maximum Gasteiger partial charge on any atom is 0.256 e. The van der Waals surface area contributed by atoms with Gasteiger partial charge in [-0.1, -0.05) is 43.3 Å². The predicted molar refractivity (Wildman–Crippen MR) is 108 cm³/mol. The standard InChI is InChI=1S/C21H31N5O2/c1-16(2)19-7-5-18(6-8-19)14-25-11-4-9-21(28,20(25)27)15-22-10-12-26-13-17(3)23-24-26/h5-8,13,16,22,28H,4,9-12,14-15H2,1-3H3. The zero-order chi connectivity index (χ0) is 20.1. The van der Waals surface area contributed by atoms with Gasteiger partial charge in [-0.25, -0.2) is 0 Å². The Kier molecular flexibility index (Phi) is 6.46. The topological polar surface area (TPSA) is 83.3 Å². The summed E-state index contributed by atoms with van der Waals surface area (Å²) >= 11 is 0. The van der Waals surface area contributed by atoms with Gasteiger partial charge < -0.3 is 15.3 Å². The molecule has 3 rings (SSSR count). The van der Waals surface area contributed by atoms with Gasteiger partial charge in [0.15, 0.2) is 5.60 Å². The number of nitrogens with zero attached hydrogens (tertiary/aromatic N) is 4. The number of aromatic nitrogens is 3. The molecule has 0 saturated carbocycles. The van der Waals surface area contributed by atoms with Crippen molar-refractivity contribution in [3.05, 3.63) is 47.3 Å². The van der Waals surface area contributed by atoms with E-state index >= 15 is 0 Å². The van der Waals surface area contributed by atoms with Crippen LogP contribution in [0.3, 0.4) is 0 Å². The first kappa shape index (κ1) is 20.5. The molecular formula is C21H31N5O2. The van der Waals surface area contributed by atoms with Crippen molar-refractivity contribution >= 4 is 5.91 Å². The van der Waals surface area contributed by atoms with E-state index in [1.807, 2.05) is 13.1 Å². The second kappa shape index (κ2) is 8.84. The van der Waals surface area contributed by atoms with Crippen molar-refractivity contribution in [3.8, 4) is 0 Å². The summed E-state index contributed by atoms with van der Waals surface area (Å²) in [5.41, 5.74) is 1.92. The molecule has 7 heteroatoms. The monoisotopic (exact) mass is 385 g/mol. The largest absolute Gasteiger partial charge is 0.379 e. The summed E-state index contributed by atoms with van der Waals surface area (Å²) in [6, 6.07) is 8.39. The first-order chi connectivity index (χ1) is 13.4. The molecule has 1 saturated heterocycles. The number of benzene rings is 1. The highest BCUT2D eigenvalue weighted by Crippen LogP contribution is 2.24. The first-order valence-corrected chi connectivity index (χ1v) is 10.1. The summed E-state index contributed by atoms with van der Waals surface area (Å²) in [6.45, 7) is 8.98. The molecule has 0 spiro atoms. The first-order valence-electron chi connectivity index (χ1n) is 10.1. The van der Waals surface area contributed by atoms with Gasteiger partial charge in [0.05, 0.1) is 12.2 Å². The van der Waals surface area contributed by atoms with E-state index in [4.69, 9.17) is 0 Å². The van der Waals surface area contributed by atoms with E-state index in [-0.39, 0.29) is 12.5 Å². The lowest BCUT2D eigenvalue weighted by molar-refractivity contribution is -0.157. The van der Waals surface area contributed by atoms with Gasteiger partial charge in [-0.2, -0.15) is 0 Å². The van der Waals surface area contributed by atoms with E-state index in [9.17, 15) is 9.90 Å². The maximum atomic E-state index is 12.9. The van der Waals surface area contributed by atoms with Crippen LogP contribution in [0.4, 0.5) is 0 Å². The molecule has 2 aromatic rings. The van der Waals surface area contributed by atoms with E-state index in [2.05, 4.69) is 53.7 Å². The van der Waals surface area contributed by atoms with E-state index in [1.54, 1.807) is 9.58 Å². The fourth-order valence-electron chi connectivity index (χ4n) is 3.60. The van der Waals surface area contributed by atoms with Crippen molar-refractivity contribution in [2.24, 2.45) is 0 Å². The van der Waals surface area contributed by atoms with Crippen LogP contribution in [0.1, 0.15) is 49.4 Å². The van der Waals surface area contributed by atoms with Gasteiger partial charge in [0, 0.05) is 32.4 Å². The smallest absolute Gasteiger partial charge is 0.256 e. The number of amides is 1. The van der Waals surface area contributed by atoms with Crippen LogP contribution in [-0.4, -0.2) is 56.1 Å². The molecule has 2 heterocycles. The van der Waals surface area contributed by atoms with Crippen molar-refractivity contribution in [2.75, 3.05) is 19.6 Å². The molecule has 0 bridgehead atoms. The summed E-state index contributed by atoms with van der Waals surface area (Å²) in [5, 5.41) is 22.1. The number of hydrogen-bond acceptors (Lipinski definition) is 5. The van der Waals surface area contributed by atoms with Gasteiger partial charge in [-0.15, -0.1) is 5.10 Å². The fourth-order valence-corrected chi connectivity index (χ4v) is 3.60. The van der Waals surface area contributed by atoms with Crippen molar-refractivity contribution in [1.29, 1.82) is 0 Å². The average Bonchev–Trinajstić information content (AvgIpc) is 3.08. The van der Waals surface area contributed by atoms with Gasteiger partial charge in [0.2, 0.25) is 0 Å². The normalized spacial score (nSPS) is 20.2. The highest BCUT2D eigenvalue weighted by atomic mass is 16.3. The lowest BCUT2D eigenvalue weighted by Crippen LogP contribution is -2.57. The van der Waals surface area contributed by atoms with E-state index in [0.717, 1.165) is 17.7 Å². The van der Waals surface area contributed by atoms with Crippen LogP contribution in [-0.2, 0) is 17.9 Å². The second-order valence-electron chi connectivity index (χ2n) is 8.06. The summed E-state index contributed by atoms with van der Waals surface area (Å²) in [6.07, 6.45) is 3.16. The molecule has 1 unspecified atom stereocenters. The summed E-state index contributed by atoms with van der Waals surface area (Å²) < 4.78 is 1.75. The van der Waals surface area contributed by atoms with Crippen LogP contribution in [0.5, 0.6) is 0 Å². The molecule has 7 nitrogen and oxygen atoms in total. The third-order valence-electron chi connectivity index (χ3n) is 5.31. The average molecular weight is 386 g/mol. The van der Waals surface area contributed by atoms with E-state index < -0.39 is 5.60 Å². The van der Waals surface area contributed by atoms with Gasteiger partial charge in [-0.05, 0) is 36.8 Å². The predicted octanol–water partition coefficient (Wildman–Crippen LogP) is 1.85. The molecule has 1 aromatic carbocycles. The zero-order valence-corrected chi connectivity index (χ0v) is 17.1. The molecule has 0 radical (unpaired) electrons. The van der Waals surface area contributed by atoms with Crippen LogP contribution in [0.25, 0.3) is 0 Å². The van der Waals surface area contributed by atoms with Gasteiger partial charge in [0.1, 0.15) is 0 Å². The Balaban J connectivity index is 1.53. The number of nitrogens with one attached hydrogen (secondary N) is 1. The molecular weight excluding hydrogens is 354 g/mol. The summed E-state index contributed by atoms with van der Waals surface area (Å²) in [7, 11) is 0. The Bertz CT molecular complexity index is 786. The van der Waals surface area contributed by atoms with Gasteiger partial charge in [-0.3, -0.25) is 9.48 Å². The van der Waals surface area contributed by atoms with Gasteiger partial charge in [0.25, 0.3) is 5.91 Å². The Morgan fingerprint density at radius 1 is 1.29 bits per heavy atom. The number of aliphatic hydroxyl groups is 1. The third-order valence-corrected chi connectivity index (χ3v) is 5.31. The summed E-state index contributed by atoms with van der Waals surface area (Å²) in [4.78, 5) is 14.7. The van der Waals surface area contributed by atoms with Crippen LogP contribution in [0, 0.1) is 6.92 Å². The Hall–Kier alpha value is -2.25. The van der Waals surface area contributed by atoms with Crippen molar-refractivity contribution in [2.45, 2.75) is 58.2 Å². The molecule has 152 valence electrons. The maximum absolute atomic E-state index is 12.9. The molecule has 0 aliphatic carbocycles. The Labute approximate surface area is 166 Å². The van der Waals surface area contributed by atoms with Crippen LogP contribution >= 0.6 is 0 Å². The number of rotatable bonds is 8. The number of carbonyl (C=O) groups is 1. The molecule has 28 heavy (non-hydrogen) atoms. The molecule has 1 amide bonds. The molecule has 1 aromatic heterocycles. The second-order valence-corrected chi connectivity index (χ2v) is 8.06. The number of piperidine rings is 1. The third kappa shape index (κ3) is 4.97. The lowest BCUT2D eigenvalue weighted by Gasteiger charge is -2.38. The number of carbonyl (C=O) groups excluding carboxylic acids is 1. The number of hydrogen-bond donors (Lipinski definition) is 2. The molecule has 2 N–H and O–H groups in total. The SMILES string of the molecule is Cc1cn(CCNCC2(O)CCCN(Cc3ccc(C(C)C)cc3)C2=O)nn1. The minimum atomic E-state index is -1.34. The molecule has 1 atom stereocenters. The fraction of sp³-hybridized carbons (Fsp3) is 0.571. The summed E-state index contributed by atoms with van der Waals surface area (Å²) in [5.74, 6) is 0.305.